The minimum Gasteiger partial charge on any atom is -0.477 e. The maximum absolute atomic E-state index is 11.4. The molecule has 24 heavy (non-hydrogen) atoms. The van der Waals surface area contributed by atoms with Gasteiger partial charge in [0.2, 0.25) is 5.95 Å². The van der Waals surface area contributed by atoms with Crippen molar-refractivity contribution in [2.24, 2.45) is 0 Å². The van der Waals surface area contributed by atoms with Crippen LogP contribution in [-0.2, 0) is 4.74 Å². The van der Waals surface area contributed by atoms with Crippen molar-refractivity contribution in [1.82, 2.24) is 14.9 Å². The molecule has 0 radical (unpaired) electrons. The summed E-state index contributed by atoms with van der Waals surface area (Å²) in [5.74, 6) is -0.0185. The van der Waals surface area contributed by atoms with Crippen LogP contribution in [0.1, 0.15) is 31.3 Å². The number of nitrogens with one attached hydrogen (secondary N) is 1. The summed E-state index contributed by atoms with van der Waals surface area (Å²) in [5, 5.41) is 12.5. The Bertz CT molecular complexity index is 604. The molecule has 0 unspecified atom stereocenters. The molecule has 2 fully saturated rings. The summed E-state index contributed by atoms with van der Waals surface area (Å²) in [7, 11) is 0. The van der Waals surface area contributed by atoms with Crippen molar-refractivity contribution in [3.8, 4) is 0 Å². The highest BCUT2D eigenvalue weighted by atomic mass is 16.5. The molecule has 0 atom stereocenters. The van der Waals surface area contributed by atoms with Gasteiger partial charge in [-0.15, -0.1) is 0 Å². The molecule has 0 spiro atoms. The number of aromatic nitrogens is 2. The largest absolute Gasteiger partial charge is 0.477 e. The van der Waals surface area contributed by atoms with Crippen molar-refractivity contribution in [3.05, 3.63) is 11.8 Å². The third-order valence-corrected chi connectivity index (χ3v) is 4.43. The van der Waals surface area contributed by atoms with Gasteiger partial charge in [-0.3, -0.25) is 4.90 Å². The number of ether oxygens (including phenoxy) is 1. The van der Waals surface area contributed by atoms with Crippen LogP contribution < -0.4 is 10.2 Å². The average molecular weight is 335 g/mol. The first-order valence-corrected chi connectivity index (χ1v) is 8.29. The van der Waals surface area contributed by atoms with E-state index in [0.29, 0.717) is 25.0 Å². The number of carbonyl (C=O) groups is 1. The van der Waals surface area contributed by atoms with E-state index in [1.807, 2.05) is 0 Å². The van der Waals surface area contributed by atoms with Crippen LogP contribution in [0.4, 0.5) is 11.8 Å². The van der Waals surface area contributed by atoms with Crippen LogP contribution >= 0.6 is 0 Å². The van der Waals surface area contributed by atoms with Crippen LogP contribution in [0.3, 0.4) is 0 Å². The Labute approximate surface area is 141 Å². The zero-order chi connectivity index (χ0) is 17.3. The number of nitrogens with zero attached hydrogens (tertiary/aromatic N) is 4. The fourth-order valence-corrected chi connectivity index (χ4v) is 2.86. The lowest BCUT2D eigenvalue weighted by Crippen LogP contribution is -2.53. The number of carboxylic acids is 1. The van der Waals surface area contributed by atoms with Gasteiger partial charge in [-0.05, 0) is 20.8 Å². The van der Waals surface area contributed by atoms with Crippen LogP contribution in [0.5, 0.6) is 0 Å². The van der Waals surface area contributed by atoms with Crippen LogP contribution in [0, 0.1) is 0 Å². The van der Waals surface area contributed by atoms with Gasteiger partial charge in [0.25, 0.3) is 0 Å². The van der Waals surface area contributed by atoms with Gasteiger partial charge >= 0.3 is 5.97 Å². The molecule has 2 N–H and O–H groups in total. The first-order valence-electron chi connectivity index (χ1n) is 8.29. The number of carboxylic acid groups (broad SMARTS) is 1. The second-order valence-corrected chi connectivity index (χ2v) is 7.27. The Morgan fingerprint density at radius 3 is 2.42 bits per heavy atom. The molecule has 8 heteroatoms. The number of hydrogen-bond donors (Lipinski definition) is 2. The Morgan fingerprint density at radius 1 is 1.25 bits per heavy atom. The van der Waals surface area contributed by atoms with E-state index in [4.69, 9.17) is 4.74 Å². The van der Waals surface area contributed by atoms with Crippen LogP contribution in [0.25, 0.3) is 0 Å². The molecule has 1 aromatic rings. The number of rotatable bonds is 4. The molecule has 0 aromatic carbocycles. The molecular formula is C16H25N5O3. The predicted octanol–water partition coefficient (Wildman–Crippen LogP) is 0.906. The first-order chi connectivity index (χ1) is 11.3. The molecule has 8 nitrogen and oxygen atoms in total. The van der Waals surface area contributed by atoms with Crippen molar-refractivity contribution in [2.45, 2.75) is 32.4 Å². The zero-order valence-corrected chi connectivity index (χ0v) is 14.4. The Hall–Kier alpha value is -1.93. The van der Waals surface area contributed by atoms with Gasteiger partial charge in [-0.1, -0.05) is 0 Å². The number of anilines is 2. The fourth-order valence-electron chi connectivity index (χ4n) is 2.86. The van der Waals surface area contributed by atoms with E-state index in [2.05, 4.69) is 45.9 Å². The molecule has 132 valence electrons. The molecule has 2 saturated heterocycles. The first kappa shape index (κ1) is 16.9. The lowest BCUT2D eigenvalue weighted by atomic mass is 10.1. The second kappa shape index (κ2) is 6.52. The smallest absolute Gasteiger partial charge is 0.354 e. The molecule has 0 aliphatic carbocycles. The van der Waals surface area contributed by atoms with Crippen molar-refractivity contribution in [3.63, 3.8) is 0 Å². The molecule has 0 bridgehead atoms. The summed E-state index contributed by atoms with van der Waals surface area (Å²) >= 11 is 0. The predicted molar refractivity (Wildman–Crippen MR) is 90.8 cm³/mol. The van der Waals surface area contributed by atoms with E-state index in [0.717, 1.165) is 26.2 Å². The van der Waals surface area contributed by atoms with Crippen molar-refractivity contribution in [2.75, 3.05) is 49.6 Å². The average Bonchev–Trinajstić information content (AvgIpc) is 2.50. The quantitative estimate of drug-likeness (QED) is 0.839. The SMILES string of the molecule is CC(C)(C)N1CCN(c2nc(NC3COC3)cc(C(=O)O)n2)CC1. The van der Waals surface area contributed by atoms with Gasteiger partial charge in [0, 0.05) is 37.8 Å². The van der Waals surface area contributed by atoms with E-state index >= 15 is 0 Å². The second-order valence-electron chi connectivity index (χ2n) is 7.27. The zero-order valence-electron chi connectivity index (χ0n) is 14.4. The topological polar surface area (TPSA) is 90.8 Å². The molecule has 3 heterocycles. The number of piperazine rings is 1. The fraction of sp³-hybridized carbons (Fsp3) is 0.688. The van der Waals surface area contributed by atoms with Gasteiger partial charge in [0.1, 0.15) is 5.82 Å². The summed E-state index contributed by atoms with van der Waals surface area (Å²) < 4.78 is 5.14. The summed E-state index contributed by atoms with van der Waals surface area (Å²) in [6.45, 7) is 11.2. The van der Waals surface area contributed by atoms with Gasteiger partial charge < -0.3 is 20.1 Å². The summed E-state index contributed by atoms with van der Waals surface area (Å²) in [6.07, 6.45) is 0. The van der Waals surface area contributed by atoms with Crippen molar-refractivity contribution < 1.29 is 14.6 Å². The molecule has 0 amide bonds. The van der Waals surface area contributed by atoms with Crippen molar-refractivity contribution in [1.29, 1.82) is 0 Å². The standard InChI is InChI=1S/C16H25N5O3/c1-16(2,3)21-6-4-20(5-7-21)15-18-12(14(22)23)8-13(19-15)17-11-9-24-10-11/h8,11H,4-7,9-10H2,1-3H3,(H,22,23)(H,17,18,19). The highest BCUT2D eigenvalue weighted by Gasteiger charge is 2.28. The maximum Gasteiger partial charge on any atom is 0.354 e. The number of hydrogen-bond acceptors (Lipinski definition) is 7. The third-order valence-electron chi connectivity index (χ3n) is 4.43. The lowest BCUT2D eigenvalue weighted by Gasteiger charge is -2.42. The van der Waals surface area contributed by atoms with Gasteiger partial charge in [-0.25, -0.2) is 9.78 Å². The highest BCUT2D eigenvalue weighted by molar-refractivity contribution is 5.86. The maximum atomic E-state index is 11.4. The molecule has 1 aromatic heterocycles. The normalized spacial score (nSPS) is 19.9. The number of aromatic carboxylic acids is 1. The van der Waals surface area contributed by atoms with E-state index in [-0.39, 0.29) is 17.3 Å². The van der Waals surface area contributed by atoms with Gasteiger partial charge in [0.15, 0.2) is 5.69 Å². The Kier molecular flexibility index (Phi) is 4.60. The van der Waals surface area contributed by atoms with E-state index in [1.165, 1.54) is 6.07 Å². The minimum atomic E-state index is -1.04. The highest BCUT2D eigenvalue weighted by Crippen LogP contribution is 2.21. The van der Waals surface area contributed by atoms with Crippen molar-refractivity contribution >= 4 is 17.7 Å². The third kappa shape index (κ3) is 3.76. The van der Waals surface area contributed by atoms with E-state index < -0.39 is 5.97 Å². The van der Waals surface area contributed by atoms with Crippen LogP contribution in [0.15, 0.2) is 6.07 Å². The Balaban J connectivity index is 1.75. The van der Waals surface area contributed by atoms with E-state index in [1.54, 1.807) is 0 Å². The van der Waals surface area contributed by atoms with Crippen LogP contribution in [0.2, 0.25) is 0 Å². The molecule has 0 saturated carbocycles. The van der Waals surface area contributed by atoms with Crippen LogP contribution in [-0.4, -0.2) is 76.9 Å². The minimum absolute atomic E-state index is 0.0148. The molecular weight excluding hydrogens is 310 g/mol. The summed E-state index contributed by atoms with van der Waals surface area (Å²) in [5.41, 5.74) is 0.147. The Morgan fingerprint density at radius 2 is 1.92 bits per heavy atom. The van der Waals surface area contributed by atoms with Gasteiger partial charge in [-0.2, -0.15) is 4.98 Å². The van der Waals surface area contributed by atoms with E-state index in [9.17, 15) is 9.90 Å². The van der Waals surface area contributed by atoms with Gasteiger partial charge in [0.05, 0.1) is 19.3 Å². The molecule has 2 aliphatic rings. The monoisotopic (exact) mass is 335 g/mol. The molecule has 2 aliphatic heterocycles. The lowest BCUT2D eigenvalue weighted by molar-refractivity contribution is 0.0209. The molecule has 3 rings (SSSR count). The summed E-state index contributed by atoms with van der Waals surface area (Å²) in [6, 6.07) is 1.67. The summed E-state index contributed by atoms with van der Waals surface area (Å²) in [4.78, 5) is 24.6.